The molecule has 10 heavy (non-hydrogen) atoms. The molecular formula is C5H7N3OS. The van der Waals surface area contributed by atoms with Gasteiger partial charge in [0.1, 0.15) is 5.69 Å². The Labute approximate surface area is 62.6 Å². The molecule has 0 saturated heterocycles. The number of hydrogen-bond donors (Lipinski definition) is 4. The second-order valence-electron chi connectivity index (χ2n) is 1.85. The summed E-state index contributed by atoms with van der Waals surface area (Å²) in [5.74, 6) is 0. The van der Waals surface area contributed by atoms with E-state index in [0.29, 0.717) is 5.03 Å². The van der Waals surface area contributed by atoms with Gasteiger partial charge >= 0.3 is 0 Å². The molecule has 0 aliphatic carbocycles. The van der Waals surface area contributed by atoms with Crippen molar-refractivity contribution in [1.82, 2.24) is 4.98 Å². The van der Waals surface area contributed by atoms with Crippen LogP contribution in [0.2, 0.25) is 0 Å². The minimum atomic E-state index is -0.398. The number of nitrogen functional groups attached to an aromatic ring is 2. The lowest BCUT2D eigenvalue weighted by Gasteiger charge is -1.97. The summed E-state index contributed by atoms with van der Waals surface area (Å²) in [5, 5.41) is 0.414. The zero-order valence-electron chi connectivity index (χ0n) is 5.09. The lowest BCUT2D eigenvalue weighted by Crippen LogP contribution is -2.14. The predicted molar refractivity (Wildman–Crippen MR) is 43.1 cm³/mol. The van der Waals surface area contributed by atoms with Gasteiger partial charge in [0.2, 0.25) is 0 Å². The highest BCUT2D eigenvalue weighted by Gasteiger charge is 1.98. The number of aromatic nitrogens is 1. The van der Waals surface area contributed by atoms with E-state index in [0.717, 1.165) is 0 Å². The molecule has 0 radical (unpaired) electrons. The molecule has 0 bridgehead atoms. The first-order chi connectivity index (χ1) is 4.61. The van der Waals surface area contributed by atoms with Crippen molar-refractivity contribution in [3.63, 3.8) is 0 Å². The Morgan fingerprint density at radius 2 is 2.10 bits per heavy atom. The SMILES string of the molecule is Nc1cc(S)[nH]c(=O)c1N. The van der Waals surface area contributed by atoms with E-state index in [-0.39, 0.29) is 11.4 Å². The van der Waals surface area contributed by atoms with Crippen LogP contribution in [-0.2, 0) is 0 Å². The molecule has 1 aromatic heterocycles. The van der Waals surface area contributed by atoms with Crippen molar-refractivity contribution in [2.75, 3.05) is 11.5 Å². The van der Waals surface area contributed by atoms with E-state index in [4.69, 9.17) is 11.5 Å². The van der Waals surface area contributed by atoms with Gasteiger partial charge in [-0.3, -0.25) is 4.79 Å². The van der Waals surface area contributed by atoms with Crippen molar-refractivity contribution in [2.24, 2.45) is 0 Å². The van der Waals surface area contributed by atoms with E-state index >= 15 is 0 Å². The first kappa shape index (κ1) is 7.01. The van der Waals surface area contributed by atoms with Crippen LogP contribution in [0.25, 0.3) is 0 Å². The fourth-order valence-corrected chi connectivity index (χ4v) is 0.817. The molecule has 0 amide bonds. The molecule has 1 aromatic rings. The first-order valence-electron chi connectivity index (χ1n) is 2.58. The maximum absolute atomic E-state index is 10.8. The van der Waals surface area contributed by atoms with Gasteiger partial charge in [-0.2, -0.15) is 0 Å². The highest BCUT2D eigenvalue weighted by atomic mass is 32.1. The maximum Gasteiger partial charge on any atom is 0.274 e. The van der Waals surface area contributed by atoms with Gasteiger partial charge in [-0.15, -0.1) is 12.6 Å². The maximum atomic E-state index is 10.8. The molecule has 1 heterocycles. The van der Waals surface area contributed by atoms with E-state index in [1.165, 1.54) is 6.07 Å². The summed E-state index contributed by atoms with van der Waals surface area (Å²) in [4.78, 5) is 13.1. The molecule has 5 N–H and O–H groups in total. The number of pyridine rings is 1. The smallest absolute Gasteiger partial charge is 0.274 e. The number of aromatic amines is 1. The summed E-state index contributed by atoms with van der Waals surface area (Å²) >= 11 is 3.88. The van der Waals surface area contributed by atoms with Crippen molar-refractivity contribution in [2.45, 2.75) is 5.03 Å². The Hall–Kier alpha value is -1.10. The molecule has 0 aromatic carbocycles. The molecule has 1 rings (SSSR count). The van der Waals surface area contributed by atoms with Gasteiger partial charge in [0.15, 0.2) is 0 Å². The molecule has 0 atom stereocenters. The summed E-state index contributed by atoms with van der Waals surface area (Å²) in [6, 6.07) is 1.49. The second kappa shape index (κ2) is 2.26. The van der Waals surface area contributed by atoms with Gasteiger partial charge in [-0.05, 0) is 6.07 Å². The molecule has 0 saturated carbocycles. The van der Waals surface area contributed by atoms with Crippen molar-refractivity contribution in [3.8, 4) is 0 Å². The number of rotatable bonds is 0. The van der Waals surface area contributed by atoms with Crippen LogP contribution >= 0.6 is 12.6 Å². The Morgan fingerprint density at radius 1 is 1.50 bits per heavy atom. The number of anilines is 2. The van der Waals surface area contributed by atoms with E-state index in [9.17, 15) is 4.79 Å². The topological polar surface area (TPSA) is 84.9 Å². The zero-order chi connectivity index (χ0) is 7.72. The average molecular weight is 157 g/mol. The van der Waals surface area contributed by atoms with Crippen LogP contribution in [0, 0.1) is 0 Å². The Kier molecular flexibility index (Phi) is 1.58. The van der Waals surface area contributed by atoms with Gasteiger partial charge in [0.25, 0.3) is 5.56 Å². The van der Waals surface area contributed by atoms with Crippen LogP contribution < -0.4 is 17.0 Å². The molecular weight excluding hydrogens is 150 g/mol. The van der Waals surface area contributed by atoms with Crippen molar-refractivity contribution >= 4 is 24.0 Å². The van der Waals surface area contributed by atoms with Gasteiger partial charge in [0, 0.05) is 0 Å². The van der Waals surface area contributed by atoms with Gasteiger partial charge in [0.05, 0.1) is 10.7 Å². The summed E-state index contributed by atoms with van der Waals surface area (Å²) in [6.45, 7) is 0. The van der Waals surface area contributed by atoms with Crippen LogP contribution in [0.4, 0.5) is 11.4 Å². The molecule has 4 nitrogen and oxygen atoms in total. The van der Waals surface area contributed by atoms with E-state index in [1.807, 2.05) is 0 Å². The minimum absolute atomic E-state index is 0.0396. The van der Waals surface area contributed by atoms with E-state index in [1.54, 1.807) is 0 Å². The number of nitrogens with two attached hydrogens (primary N) is 2. The lowest BCUT2D eigenvalue weighted by atomic mass is 10.4. The van der Waals surface area contributed by atoms with Crippen LogP contribution in [0.1, 0.15) is 0 Å². The fraction of sp³-hybridized carbons (Fsp3) is 0. The fourth-order valence-electron chi connectivity index (χ4n) is 0.576. The summed E-state index contributed by atoms with van der Waals surface area (Å²) in [7, 11) is 0. The number of H-pyrrole nitrogens is 1. The van der Waals surface area contributed by atoms with Gasteiger partial charge in [-0.1, -0.05) is 0 Å². The van der Waals surface area contributed by atoms with E-state index < -0.39 is 5.56 Å². The third-order valence-electron chi connectivity index (χ3n) is 1.09. The number of thiol groups is 1. The summed E-state index contributed by atoms with van der Waals surface area (Å²) in [6.07, 6.45) is 0. The molecule has 0 unspecified atom stereocenters. The lowest BCUT2D eigenvalue weighted by molar-refractivity contribution is 1.10. The van der Waals surface area contributed by atoms with Crippen LogP contribution in [0.5, 0.6) is 0 Å². The number of hydrogen-bond acceptors (Lipinski definition) is 4. The molecule has 54 valence electrons. The largest absolute Gasteiger partial charge is 0.397 e. The quantitative estimate of drug-likeness (QED) is 0.394. The monoisotopic (exact) mass is 157 g/mol. The molecule has 5 heteroatoms. The second-order valence-corrected chi connectivity index (χ2v) is 2.33. The third kappa shape index (κ3) is 1.08. The molecule has 0 aliphatic heterocycles. The Balaban J connectivity index is 3.46. The van der Waals surface area contributed by atoms with Crippen molar-refractivity contribution in [3.05, 3.63) is 16.4 Å². The normalized spacial score (nSPS) is 9.70. The number of nitrogens with one attached hydrogen (secondary N) is 1. The van der Waals surface area contributed by atoms with Crippen LogP contribution in [0.15, 0.2) is 15.9 Å². The van der Waals surface area contributed by atoms with Crippen molar-refractivity contribution < 1.29 is 0 Å². The van der Waals surface area contributed by atoms with E-state index in [2.05, 4.69) is 17.6 Å². The minimum Gasteiger partial charge on any atom is -0.397 e. The highest BCUT2D eigenvalue weighted by Crippen LogP contribution is 2.10. The van der Waals surface area contributed by atoms with Crippen LogP contribution in [-0.4, -0.2) is 4.98 Å². The molecule has 0 aliphatic rings. The Bertz CT molecular complexity index is 306. The molecule has 0 spiro atoms. The summed E-state index contributed by atoms with van der Waals surface area (Å²) in [5.41, 5.74) is 10.5. The summed E-state index contributed by atoms with van der Waals surface area (Å²) < 4.78 is 0. The zero-order valence-corrected chi connectivity index (χ0v) is 5.98. The standard InChI is InChI=1S/C5H7N3OS/c6-2-1-3(10)8-5(9)4(2)7/h1H,7H2,(H4,6,8,9,10). The van der Waals surface area contributed by atoms with Crippen molar-refractivity contribution in [1.29, 1.82) is 0 Å². The Morgan fingerprint density at radius 3 is 2.60 bits per heavy atom. The highest BCUT2D eigenvalue weighted by molar-refractivity contribution is 7.80. The van der Waals surface area contributed by atoms with Gasteiger partial charge in [-0.25, -0.2) is 0 Å². The van der Waals surface area contributed by atoms with Crippen LogP contribution in [0.3, 0.4) is 0 Å². The van der Waals surface area contributed by atoms with Gasteiger partial charge < -0.3 is 16.5 Å². The average Bonchev–Trinajstić information content (AvgIpc) is 1.82. The third-order valence-corrected chi connectivity index (χ3v) is 1.33. The first-order valence-corrected chi connectivity index (χ1v) is 3.03. The predicted octanol–water partition coefficient (Wildman–Crippen LogP) is -0.172. The molecule has 0 fully saturated rings.